The van der Waals surface area contributed by atoms with E-state index in [9.17, 15) is 4.39 Å². The molecule has 0 heterocycles. The molecular weight excluding hydrogens is 179 g/mol. The van der Waals surface area contributed by atoms with Crippen molar-refractivity contribution in [2.75, 3.05) is 7.11 Å². The van der Waals surface area contributed by atoms with E-state index in [2.05, 4.69) is 0 Å². The van der Waals surface area contributed by atoms with Gasteiger partial charge in [-0.1, -0.05) is 18.5 Å². The number of methoxy groups -OCH3 is 1. The van der Waals surface area contributed by atoms with Gasteiger partial charge in [-0.15, -0.1) is 0 Å². The normalized spacial score (nSPS) is 10.0. The van der Waals surface area contributed by atoms with Crippen LogP contribution in [-0.4, -0.2) is 7.11 Å². The van der Waals surface area contributed by atoms with Crippen molar-refractivity contribution in [2.45, 2.75) is 13.3 Å². The van der Waals surface area contributed by atoms with Gasteiger partial charge in [0.15, 0.2) is 11.6 Å². The average Bonchev–Trinajstić information content (AvgIpc) is 2.03. The average molecular weight is 189 g/mol. The van der Waals surface area contributed by atoms with Gasteiger partial charge in [0.1, 0.15) is 0 Å². The number of halogens is 2. The van der Waals surface area contributed by atoms with Crippen molar-refractivity contribution in [1.82, 2.24) is 0 Å². The van der Waals surface area contributed by atoms with E-state index in [-0.39, 0.29) is 0 Å². The summed E-state index contributed by atoms with van der Waals surface area (Å²) in [6, 6.07) is 2.96. The lowest BCUT2D eigenvalue weighted by Crippen LogP contribution is -1.94. The van der Waals surface area contributed by atoms with E-state index in [1.54, 1.807) is 6.07 Å². The van der Waals surface area contributed by atoms with Crippen LogP contribution in [0, 0.1) is 5.82 Å². The lowest BCUT2D eigenvalue weighted by molar-refractivity contribution is 0.382. The van der Waals surface area contributed by atoms with E-state index < -0.39 is 5.82 Å². The zero-order valence-electron chi connectivity index (χ0n) is 7.03. The number of benzene rings is 1. The second-order valence-electron chi connectivity index (χ2n) is 2.43. The molecule has 0 spiro atoms. The maximum atomic E-state index is 13.1. The Bertz CT molecular complexity index is 286. The molecular formula is C9H10ClFO. The Hall–Kier alpha value is -0.760. The molecule has 66 valence electrons. The maximum Gasteiger partial charge on any atom is 0.166 e. The molecule has 0 amide bonds. The Kier molecular flexibility index (Phi) is 2.93. The van der Waals surface area contributed by atoms with Crippen LogP contribution in [0.5, 0.6) is 5.75 Å². The van der Waals surface area contributed by atoms with Gasteiger partial charge in [0.05, 0.1) is 7.11 Å². The van der Waals surface area contributed by atoms with Gasteiger partial charge in [-0.05, 0) is 24.1 Å². The third-order valence-corrected chi connectivity index (χ3v) is 1.89. The molecule has 0 aliphatic carbocycles. The van der Waals surface area contributed by atoms with Crippen LogP contribution in [0.3, 0.4) is 0 Å². The van der Waals surface area contributed by atoms with E-state index in [1.165, 1.54) is 13.2 Å². The Morgan fingerprint density at radius 1 is 1.50 bits per heavy atom. The summed E-state index contributed by atoms with van der Waals surface area (Å²) >= 11 is 5.66. The molecule has 0 bridgehead atoms. The van der Waals surface area contributed by atoms with Crippen LogP contribution in [0.15, 0.2) is 12.1 Å². The van der Waals surface area contributed by atoms with Gasteiger partial charge in [0.2, 0.25) is 0 Å². The van der Waals surface area contributed by atoms with Crippen LogP contribution < -0.4 is 4.74 Å². The first-order valence-corrected chi connectivity index (χ1v) is 4.08. The number of hydrogen-bond donors (Lipinski definition) is 0. The molecule has 0 aliphatic rings. The molecule has 0 fully saturated rings. The number of rotatable bonds is 2. The molecule has 0 aromatic heterocycles. The Morgan fingerprint density at radius 3 is 2.67 bits per heavy atom. The Labute approximate surface area is 76.1 Å². The van der Waals surface area contributed by atoms with Gasteiger partial charge in [0.25, 0.3) is 0 Å². The lowest BCUT2D eigenvalue weighted by atomic mass is 10.1. The predicted octanol–water partition coefficient (Wildman–Crippen LogP) is 3.05. The third kappa shape index (κ3) is 1.69. The van der Waals surface area contributed by atoms with Crippen LogP contribution >= 0.6 is 11.6 Å². The number of ether oxygens (including phenoxy) is 1. The quantitative estimate of drug-likeness (QED) is 0.693. The van der Waals surface area contributed by atoms with Gasteiger partial charge < -0.3 is 4.74 Å². The fraction of sp³-hybridized carbons (Fsp3) is 0.333. The lowest BCUT2D eigenvalue weighted by Gasteiger charge is -2.07. The monoisotopic (exact) mass is 188 g/mol. The molecule has 0 radical (unpaired) electrons. The van der Waals surface area contributed by atoms with Gasteiger partial charge in [-0.3, -0.25) is 0 Å². The van der Waals surface area contributed by atoms with Gasteiger partial charge in [-0.2, -0.15) is 0 Å². The van der Waals surface area contributed by atoms with Crippen LogP contribution in [0.2, 0.25) is 5.02 Å². The topological polar surface area (TPSA) is 9.23 Å². The first kappa shape index (κ1) is 9.33. The van der Waals surface area contributed by atoms with Gasteiger partial charge in [-0.25, -0.2) is 4.39 Å². The summed E-state index contributed by atoms with van der Waals surface area (Å²) in [6.45, 7) is 1.92. The molecule has 3 heteroatoms. The second-order valence-corrected chi connectivity index (χ2v) is 2.87. The summed E-state index contributed by atoms with van der Waals surface area (Å²) in [5.74, 6) is -0.108. The second kappa shape index (κ2) is 3.76. The van der Waals surface area contributed by atoms with E-state index in [4.69, 9.17) is 16.3 Å². The summed E-state index contributed by atoms with van der Waals surface area (Å²) in [5, 5.41) is 0.408. The van der Waals surface area contributed by atoms with Crippen molar-refractivity contribution in [3.05, 3.63) is 28.5 Å². The Balaban J connectivity index is 3.24. The first-order valence-electron chi connectivity index (χ1n) is 3.71. The molecule has 1 rings (SSSR count). The van der Waals surface area contributed by atoms with Crippen LogP contribution in [0.4, 0.5) is 4.39 Å². The summed E-state index contributed by atoms with van der Waals surface area (Å²) in [5.41, 5.74) is 0.794. The standard InChI is InChI=1S/C9H10ClFO/c1-3-6-4-7(10)5-8(11)9(6)12-2/h4-5H,3H2,1-2H3. The highest BCUT2D eigenvalue weighted by Gasteiger charge is 2.08. The largest absolute Gasteiger partial charge is 0.493 e. The summed E-state index contributed by atoms with van der Waals surface area (Å²) in [6.07, 6.45) is 0.709. The zero-order chi connectivity index (χ0) is 9.14. The molecule has 1 aromatic rings. The van der Waals surface area contributed by atoms with Gasteiger partial charge in [0, 0.05) is 5.02 Å². The van der Waals surface area contributed by atoms with Crippen molar-refractivity contribution in [3.8, 4) is 5.75 Å². The van der Waals surface area contributed by atoms with E-state index >= 15 is 0 Å². The third-order valence-electron chi connectivity index (χ3n) is 1.67. The van der Waals surface area contributed by atoms with Gasteiger partial charge >= 0.3 is 0 Å². The smallest absolute Gasteiger partial charge is 0.166 e. The fourth-order valence-corrected chi connectivity index (χ4v) is 1.33. The molecule has 1 aromatic carbocycles. The SMILES string of the molecule is CCc1cc(Cl)cc(F)c1OC. The molecule has 0 saturated heterocycles. The highest BCUT2D eigenvalue weighted by Crippen LogP contribution is 2.26. The zero-order valence-corrected chi connectivity index (χ0v) is 7.78. The predicted molar refractivity (Wildman–Crippen MR) is 47.3 cm³/mol. The van der Waals surface area contributed by atoms with E-state index in [0.717, 1.165) is 5.56 Å². The van der Waals surface area contributed by atoms with Crippen LogP contribution in [0.1, 0.15) is 12.5 Å². The van der Waals surface area contributed by atoms with Crippen molar-refractivity contribution in [1.29, 1.82) is 0 Å². The minimum absolute atomic E-state index is 0.293. The Morgan fingerprint density at radius 2 is 2.17 bits per heavy atom. The van der Waals surface area contributed by atoms with Crippen LogP contribution in [0.25, 0.3) is 0 Å². The van der Waals surface area contributed by atoms with E-state index in [1.807, 2.05) is 6.92 Å². The molecule has 0 unspecified atom stereocenters. The minimum Gasteiger partial charge on any atom is -0.493 e. The first-order chi connectivity index (χ1) is 5.69. The number of aryl methyl sites for hydroxylation is 1. The summed E-state index contributed by atoms with van der Waals surface area (Å²) in [4.78, 5) is 0. The molecule has 0 N–H and O–H groups in total. The highest BCUT2D eigenvalue weighted by molar-refractivity contribution is 6.30. The minimum atomic E-state index is -0.401. The van der Waals surface area contributed by atoms with Crippen molar-refractivity contribution in [3.63, 3.8) is 0 Å². The molecule has 0 atom stereocenters. The van der Waals surface area contributed by atoms with Crippen molar-refractivity contribution in [2.24, 2.45) is 0 Å². The summed E-state index contributed by atoms with van der Waals surface area (Å²) < 4.78 is 18.0. The molecule has 1 nitrogen and oxygen atoms in total. The molecule has 0 aliphatic heterocycles. The number of hydrogen-bond acceptors (Lipinski definition) is 1. The highest BCUT2D eigenvalue weighted by atomic mass is 35.5. The van der Waals surface area contributed by atoms with Crippen molar-refractivity contribution >= 4 is 11.6 Å². The summed E-state index contributed by atoms with van der Waals surface area (Å²) in [7, 11) is 1.45. The molecule has 0 saturated carbocycles. The molecule has 12 heavy (non-hydrogen) atoms. The van der Waals surface area contributed by atoms with Crippen molar-refractivity contribution < 1.29 is 9.13 Å². The van der Waals surface area contributed by atoms with E-state index in [0.29, 0.717) is 17.2 Å². The fourth-order valence-electron chi connectivity index (χ4n) is 1.10. The maximum absolute atomic E-state index is 13.1. The van der Waals surface area contributed by atoms with Crippen LogP contribution in [-0.2, 0) is 6.42 Å².